The lowest BCUT2D eigenvalue weighted by Crippen LogP contribution is -2.01. The first-order valence-corrected chi connectivity index (χ1v) is 7.57. The van der Waals surface area contributed by atoms with E-state index in [1.165, 1.54) is 11.3 Å². The van der Waals surface area contributed by atoms with Crippen LogP contribution in [0.2, 0.25) is 5.02 Å². The van der Waals surface area contributed by atoms with Crippen LogP contribution in [0.1, 0.15) is 35.3 Å². The monoisotopic (exact) mass is 306 g/mol. The molecule has 0 aliphatic carbocycles. The predicted molar refractivity (Wildman–Crippen MR) is 81.6 cm³/mol. The van der Waals surface area contributed by atoms with Gasteiger partial charge in [-0.05, 0) is 30.2 Å². The SMILES string of the molecule is CC(C)c1nc(CCOc2ccc(Cl)cc2)sc1C#N. The highest BCUT2D eigenvalue weighted by atomic mass is 35.5. The second kappa shape index (κ2) is 6.74. The summed E-state index contributed by atoms with van der Waals surface area (Å²) in [5, 5.41) is 10.7. The van der Waals surface area contributed by atoms with Crippen molar-refractivity contribution in [3.63, 3.8) is 0 Å². The average Bonchev–Trinajstić information content (AvgIpc) is 2.84. The van der Waals surface area contributed by atoms with Crippen molar-refractivity contribution in [3.05, 3.63) is 44.9 Å². The maximum absolute atomic E-state index is 9.09. The Balaban J connectivity index is 1.94. The summed E-state index contributed by atoms with van der Waals surface area (Å²) in [6.45, 7) is 4.63. The molecule has 0 N–H and O–H groups in total. The van der Waals surface area contributed by atoms with Crippen molar-refractivity contribution in [2.24, 2.45) is 0 Å². The van der Waals surface area contributed by atoms with Gasteiger partial charge in [0.25, 0.3) is 0 Å². The maximum Gasteiger partial charge on any atom is 0.128 e. The van der Waals surface area contributed by atoms with Gasteiger partial charge in [0.05, 0.1) is 17.3 Å². The van der Waals surface area contributed by atoms with E-state index in [4.69, 9.17) is 21.6 Å². The Hall–Kier alpha value is -1.57. The summed E-state index contributed by atoms with van der Waals surface area (Å²) in [6, 6.07) is 9.48. The molecule has 0 spiro atoms. The van der Waals surface area contributed by atoms with Crippen LogP contribution in [0.5, 0.6) is 5.75 Å². The van der Waals surface area contributed by atoms with Crippen molar-refractivity contribution in [1.82, 2.24) is 4.98 Å². The van der Waals surface area contributed by atoms with Crippen molar-refractivity contribution in [2.75, 3.05) is 6.61 Å². The average molecular weight is 307 g/mol. The molecule has 3 nitrogen and oxygen atoms in total. The van der Waals surface area contributed by atoms with Crippen LogP contribution in [-0.4, -0.2) is 11.6 Å². The van der Waals surface area contributed by atoms with Gasteiger partial charge in [-0.15, -0.1) is 11.3 Å². The fraction of sp³-hybridized carbons (Fsp3) is 0.333. The molecule has 0 aliphatic heterocycles. The standard InChI is InChI=1S/C15H15ClN2OS/c1-10(2)15-13(9-17)20-14(18-15)7-8-19-12-5-3-11(16)4-6-12/h3-6,10H,7-8H2,1-2H3. The number of nitriles is 1. The number of thiazole rings is 1. The largest absolute Gasteiger partial charge is 0.493 e. The molecule has 0 bridgehead atoms. The smallest absolute Gasteiger partial charge is 0.128 e. The zero-order valence-corrected chi connectivity index (χ0v) is 13.0. The van der Waals surface area contributed by atoms with E-state index in [0.717, 1.165) is 16.5 Å². The van der Waals surface area contributed by atoms with Crippen molar-refractivity contribution >= 4 is 22.9 Å². The van der Waals surface area contributed by atoms with Crippen LogP contribution in [0.25, 0.3) is 0 Å². The van der Waals surface area contributed by atoms with E-state index in [1.54, 1.807) is 12.1 Å². The molecular formula is C15H15ClN2OS. The molecule has 1 aromatic carbocycles. The molecule has 0 fully saturated rings. The number of aromatic nitrogens is 1. The molecule has 2 aromatic rings. The molecule has 0 radical (unpaired) electrons. The highest BCUT2D eigenvalue weighted by Gasteiger charge is 2.13. The summed E-state index contributed by atoms with van der Waals surface area (Å²) in [7, 11) is 0. The van der Waals surface area contributed by atoms with Gasteiger partial charge in [0.2, 0.25) is 0 Å². The van der Waals surface area contributed by atoms with Gasteiger partial charge in [-0.2, -0.15) is 5.26 Å². The Morgan fingerprint density at radius 1 is 1.35 bits per heavy atom. The quantitative estimate of drug-likeness (QED) is 0.821. The minimum Gasteiger partial charge on any atom is -0.493 e. The van der Waals surface area contributed by atoms with Gasteiger partial charge in [0.15, 0.2) is 0 Å². The summed E-state index contributed by atoms with van der Waals surface area (Å²) < 4.78 is 5.63. The lowest BCUT2D eigenvalue weighted by Gasteiger charge is -2.04. The molecule has 0 amide bonds. The summed E-state index contributed by atoms with van der Waals surface area (Å²) in [5.74, 6) is 1.06. The lowest BCUT2D eigenvalue weighted by atomic mass is 10.1. The number of ether oxygens (including phenoxy) is 1. The fourth-order valence-corrected chi connectivity index (χ4v) is 2.87. The molecule has 5 heteroatoms. The van der Waals surface area contributed by atoms with Crippen LogP contribution in [-0.2, 0) is 6.42 Å². The number of nitrogens with zero attached hydrogens (tertiary/aromatic N) is 2. The number of hydrogen-bond donors (Lipinski definition) is 0. The third kappa shape index (κ3) is 3.72. The summed E-state index contributed by atoms with van der Waals surface area (Å²) in [5.41, 5.74) is 0.888. The van der Waals surface area contributed by atoms with Gasteiger partial charge in [0.1, 0.15) is 16.7 Å². The van der Waals surface area contributed by atoms with Gasteiger partial charge in [-0.3, -0.25) is 0 Å². The molecule has 0 aliphatic rings. The second-order valence-corrected chi connectivity index (χ2v) is 6.16. The first kappa shape index (κ1) is 14.8. The third-order valence-corrected chi connectivity index (χ3v) is 4.03. The molecule has 1 aromatic heterocycles. The highest BCUT2D eigenvalue weighted by molar-refractivity contribution is 7.12. The zero-order chi connectivity index (χ0) is 14.5. The number of halogens is 1. The van der Waals surface area contributed by atoms with E-state index in [0.29, 0.717) is 22.9 Å². The first-order valence-electron chi connectivity index (χ1n) is 6.38. The van der Waals surface area contributed by atoms with Crippen molar-refractivity contribution in [1.29, 1.82) is 5.26 Å². The van der Waals surface area contributed by atoms with E-state index < -0.39 is 0 Å². The van der Waals surface area contributed by atoms with E-state index in [-0.39, 0.29) is 5.92 Å². The van der Waals surface area contributed by atoms with Crippen LogP contribution in [0.15, 0.2) is 24.3 Å². The number of rotatable bonds is 5. The minimum atomic E-state index is 0.270. The van der Waals surface area contributed by atoms with Crippen LogP contribution < -0.4 is 4.74 Å². The van der Waals surface area contributed by atoms with E-state index in [9.17, 15) is 0 Å². The van der Waals surface area contributed by atoms with Gasteiger partial charge in [0, 0.05) is 11.4 Å². The Kier molecular flexibility index (Phi) is 4.99. The number of hydrogen-bond acceptors (Lipinski definition) is 4. The van der Waals surface area contributed by atoms with Crippen LogP contribution >= 0.6 is 22.9 Å². The van der Waals surface area contributed by atoms with Crippen molar-refractivity contribution in [3.8, 4) is 11.8 Å². The zero-order valence-electron chi connectivity index (χ0n) is 11.4. The Morgan fingerprint density at radius 2 is 2.05 bits per heavy atom. The van der Waals surface area contributed by atoms with Crippen LogP contribution in [0, 0.1) is 11.3 Å². The van der Waals surface area contributed by atoms with E-state index >= 15 is 0 Å². The number of benzene rings is 1. The molecule has 2 rings (SSSR count). The van der Waals surface area contributed by atoms with E-state index in [1.807, 2.05) is 26.0 Å². The molecule has 0 atom stereocenters. The van der Waals surface area contributed by atoms with Crippen molar-refractivity contribution in [2.45, 2.75) is 26.2 Å². The molecule has 1 heterocycles. The van der Waals surface area contributed by atoms with Crippen molar-refractivity contribution < 1.29 is 4.74 Å². The highest BCUT2D eigenvalue weighted by Crippen LogP contribution is 2.24. The topological polar surface area (TPSA) is 45.9 Å². The lowest BCUT2D eigenvalue weighted by molar-refractivity contribution is 0.321. The third-order valence-electron chi connectivity index (χ3n) is 2.74. The predicted octanol–water partition coefficient (Wildman–Crippen LogP) is 4.41. The fourth-order valence-electron chi connectivity index (χ4n) is 1.74. The minimum absolute atomic E-state index is 0.270. The molecular weight excluding hydrogens is 292 g/mol. The molecule has 0 unspecified atom stereocenters. The first-order chi connectivity index (χ1) is 9.60. The molecule has 104 valence electrons. The Labute approximate surface area is 127 Å². The molecule has 0 saturated heterocycles. The Morgan fingerprint density at radius 3 is 2.60 bits per heavy atom. The van der Waals surface area contributed by atoms with Crippen LogP contribution in [0.3, 0.4) is 0 Å². The van der Waals surface area contributed by atoms with E-state index in [2.05, 4.69) is 11.1 Å². The Bertz CT molecular complexity index is 614. The second-order valence-electron chi connectivity index (χ2n) is 4.64. The summed E-state index contributed by atoms with van der Waals surface area (Å²) >= 11 is 7.26. The summed E-state index contributed by atoms with van der Waals surface area (Å²) in [6.07, 6.45) is 0.703. The van der Waals surface area contributed by atoms with Crippen LogP contribution in [0.4, 0.5) is 0 Å². The maximum atomic E-state index is 9.09. The van der Waals surface area contributed by atoms with Gasteiger partial charge in [-0.1, -0.05) is 25.4 Å². The summed E-state index contributed by atoms with van der Waals surface area (Å²) in [4.78, 5) is 5.23. The van der Waals surface area contributed by atoms with Gasteiger partial charge >= 0.3 is 0 Å². The molecule has 0 saturated carbocycles. The van der Waals surface area contributed by atoms with Gasteiger partial charge < -0.3 is 4.74 Å². The molecule has 20 heavy (non-hydrogen) atoms. The normalized spacial score (nSPS) is 10.6. The van der Waals surface area contributed by atoms with Gasteiger partial charge in [-0.25, -0.2) is 4.98 Å².